The second kappa shape index (κ2) is 9.66. The predicted octanol–water partition coefficient (Wildman–Crippen LogP) is 5.85. The molecule has 0 aliphatic rings. The van der Waals surface area contributed by atoms with Crippen LogP contribution in [0.1, 0.15) is 64.4 Å². The van der Waals surface area contributed by atoms with Gasteiger partial charge in [-0.1, -0.05) is 63.8 Å². The zero-order chi connectivity index (χ0) is 13.9. The van der Waals surface area contributed by atoms with Gasteiger partial charge in [0.05, 0.1) is 6.10 Å². The molecule has 0 saturated carbocycles. The van der Waals surface area contributed by atoms with Crippen LogP contribution in [-0.2, 0) is 0 Å². The van der Waals surface area contributed by atoms with Gasteiger partial charge in [0.2, 0.25) is 0 Å². The van der Waals surface area contributed by atoms with Crippen molar-refractivity contribution in [2.24, 2.45) is 0 Å². The average Bonchev–Trinajstić information content (AvgIpc) is 2.43. The maximum atomic E-state index is 5.91. The number of hydrogen-bond donors (Lipinski definition) is 0. The smallest absolute Gasteiger partial charge is 0.119 e. The number of rotatable bonds is 10. The predicted molar refractivity (Wildman–Crippen MR) is 84.6 cm³/mol. The van der Waals surface area contributed by atoms with E-state index in [4.69, 9.17) is 4.74 Å². The molecule has 1 heteroatoms. The molecule has 106 valence electrons. The molecule has 0 fully saturated rings. The standard InChI is InChI=1S/C18H28O/c1-4-6-7-8-9-10-11-16(3)19-18-14-12-17(5-2)13-15-18/h5,12-16H,2,4,6-11H2,1,3H3. The van der Waals surface area contributed by atoms with E-state index in [1.54, 1.807) is 0 Å². The molecule has 1 nitrogen and oxygen atoms in total. The lowest BCUT2D eigenvalue weighted by Gasteiger charge is -2.14. The second-order valence-corrected chi connectivity index (χ2v) is 5.26. The van der Waals surface area contributed by atoms with E-state index >= 15 is 0 Å². The van der Waals surface area contributed by atoms with Gasteiger partial charge in [0.15, 0.2) is 0 Å². The highest BCUT2D eigenvalue weighted by atomic mass is 16.5. The Bertz CT molecular complexity index is 339. The van der Waals surface area contributed by atoms with Crippen LogP contribution in [0, 0.1) is 0 Å². The zero-order valence-electron chi connectivity index (χ0n) is 12.5. The Labute approximate surface area is 118 Å². The first-order chi connectivity index (χ1) is 9.26. The highest BCUT2D eigenvalue weighted by Crippen LogP contribution is 2.17. The van der Waals surface area contributed by atoms with Crippen LogP contribution in [0.4, 0.5) is 0 Å². The maximum Gasteiger partial charge on any atom is 0.119 e. The van der Waals surface area contributed by atoms with Crippen molar-refractivity contribution >= 4 is 6.08 Å². The number of unbranched alkanes of at least 4 members (excludes halogenated alkanes) is 5. The Morgan fingerprint density at radius 3 is 2.32 bits per heavy atom. The van der Waals surface area contributed by atoms with Crippen LogP contribution < -0.4 is 4.74 Å². The minimum Gasteiger partial charge on any atom is -0.491 e. The summed E-state index contributed by atoms with van der Waals surface area (Å²) in [6.07, 6.45) is 11.4. The van der Waals surface area contributed by atoms with E-state index in [2.05, 4.69) is 20.4 Å². The van der Waals surface area contributed by atoms with Crippen LogP contribution in [0.3, 0.4) is 0 Å². The van der Waals surface area contributed by atoms with Gasteiger partial charge in [-0.25, -0.2) is 0 Å². The molecule has 1 unspecified atom stereocenters. The second-order valence-electron chi connectivity index (χ2n) is 5.26. The summed E-state index contributed by atoms with van der Waals surface area (Å²) in [6.45, 7) is 8.17. The van der Waals surface area contributed by atoms with E-state index in [1.165, 1.54) is 38.5 Å². The Morgan fingerprint density at radius 1 is 1.05 bits per heavy atom. The van der Waals surface area contributed by atoms with Crippen molar-refractivity contribution in [3.8, 4) is 5.75 Å². The van der Waals surface area contributed by atoms with Crippen LogP contribution in [-0.4, -0.2) is 6.10 Å². The summed E-state index contributed by atoms with van der Waals surface area (Å²) in [4.78, 5) is 0. The molecule has 1 aromatic carbocycles. The summed E-state index contributed by atoms with van der Waals surface area (Å²) < 4.78 is 5.91. The lowest BCUT2D eigenvalue weighted by Crippen LogP contribution is -2.11. The summed E-state index contributed by atoms with van der Waals surface area (Å²) in [6, 6.07) is 8.13. The molecule has 0 bridgehead atoms. The van der Waals surface area contributed by atoms with Gasteiger partial charge < -0.3 is 4.74 Å². The molecule has 1 atom stereocenters. The van der Waals surface area contributed by atoms with Gasteiger partial charge in [0.25, 0.3) is 0 Å². The Kier molecular flexibility index (Phi) is 8.04. The van der Waals surface area contributed by atoms with Crippen LogP contribution in [0.15, 0.2) is 30.8 Å². The molecule has 0 amide bonds. The minimum atomic E-state index is 0.306. The van der Waals surface area contributed by atoms with Gasteiger partial charge in [-0.15, -0.1) is 0 Å². The normalized spacial score (nSPS) is 12.1. The molecule has 19 heavy (non-hydrogen) atoms. The lowest BCUT2D eigenvalue weighted by molar-refractivity contribution is 0.206. The summed E-state index contributed by atoms with van der Waals surface area (Å²) >= 11 is 0. The molecule has 0 N–H and O–H groups in total. The number of ether oxygens (including phenoxy) is 1. The van der Waals surface area contributed by atoms with Crippen molar-refractivity contribution in [3.63, 3.8) is 0 Å². The SMILES string of the molecule is C=Cc1ccc(OC(C)CCCCCCCC)cc1. The molecule has 0 aromatic heterocycles. The van der Waals surface area contributed by atoms with Crippen LogP contribution >= 0.6 is 0 Å². The van der Waals surface area contributed by atoms with Crippen molar-refractivity contribution in [1.82, 2.24) is 0 Å². The summed E-state index contributed by atoms with van der Waals surface area (Å²) in [5, 5.41) is 0. The van der Waals surface area contributed by atoms with Gasteiger partial charge in [-0.3, -0.25) is 0 Å². The largest absolute Gasteiger partial charge is 0.491 e. The Hall–Kier alpha value is -1.24. The molecule has 0 heterocycles. The third-order valence-electron chi connectivity index (χ3n) is 3.42. The van der Waals surface area contributed by atoms with E-state index in [9.17, 15) is 0 Å². The van der Waals surface area contributed by atoms with Gasteiger partial charge in [-0.2, -0.15) is 0 Å². The highest BCUT2D eigenvalue weighted by Gasteiger charge is 2.03. The highest BCUT2D eigenvalue weighted by molar-refractivity contribution is 5.48. The van der Waals surface area contributed by atoms with Crippen molar-refractivity contribution < 1.29 is 4.74 Å². The fourth-order valence-corrected chi connectivity index (χ4v) is 2.19. The molecule has 1 aromatic rings. The molecular formula is C18H28O. The number of benzene rings is 1. The van der Waals surface area contributed by atoms with Crippen molar-refractivity contribution in [1.29, 1.82) is 0 Å². The number of hydrogen-bond acceptors (Lipinski definition) is 1. The fraction of sp³-hybridized carbons (Fsp3) is 0.556. The fourth-order valence-electron chi connectivity index (χ4n) is 2.19. The third kappa shape index (κ3) is 7.05. The van der Waals surface area contributed by atoms with Crippen LogP contribution in [0.2, 0.25) is 0 Å². The first kappa shape index (κ1) is 15.8. The van der Waals surface area contributed by atoms with Crippen molar-refractivity contribution in [2.45, 2.75) is 64.9 Å². The van der Waals surface area contributed by atoms with E-state index in [0.29, 0.717) is 6.10 Å². The molecule has 0 aliphatic heterocycles. The van der Waals surface area contributed by atoms with Crippen LogP contribution in [0.25, 0.3) is 6.08 Å². The quantitative estimate of drug-likeness (QED) is 0.480. The van der Waals surface area contributed by atoms with Gasteiger partial charge in [0.1, 0.15) is 5.75 Å². The van der Waals surface area contributed by atoms with Gasteiger partial charge in [0, 0.05) is 0 Å². The molecule has 0 saturated heterocycles. The van der Waals surface area contributed by atoms with Crippen molar-refractivity contribution in [3.05, 3.63) is 36.4 Å². The third-order valence-corrected chi connectivity index (χ3v) is 3.42. The maximum absolute atomic E-state index is 5.91. The molecule has 1 rings (SSSR count). The summed E-state index contributed by atoms with van der Waals surface area (Å²) in [5.74, 6) is 0.962. The molecule has 0 aliphatic carbocycles. The minimum absolute atomic E-state index is 0.306. The molecule has 0 spiro atoms. The molecular weight excluding hydrogens is 232 g/mol. The van der Waals surface area contributed by atoms with E-state index in [-0.39, 0.29) is 0 Å². The Balaban J connectivity index is 2.15. The lowest BCUT2D eigenvalue weighted by atomic mass is 10.1. The first-order valence-electron chi connectivity index (χ1n) is 7.65. The average molecular weight is 260 g/mol. The monoisotopic (exact) mass is 260 g/mol. The Morgan fingerprint density at radius 2 is 1.68 bits per heavy atom. The van der Waals surface area contributed by atoms with Crippen molar-refractivity contribution in [2.75, 3.05) is 0 Å². The van der Waals surface area contributed by atoms with Crippen LogP contribution in [0.5, 0.6) is 5.75 Å². The molecule has 0 radical (unpaired) electrons. The zero-order valence-corrected chi connectivity index (χ0v) is 12.5. The van der Waals surface area contributed by atoms with E-state index < -0.39 is 0 Å². The van der Waals surface area contributed by atoms with E-state index in [1.807, 2.05) is 30.3 Å². The van der Waals surface area contributed by atoms with Gasteiger partial charge >= 0.3 is 0 Å². The first-order valence-corrected chi connectivity index (χ1v) is 7.65. The summed E-state index contributed by atoms with van der Waals surface area (Å²) in [5.41, 5.74) is 1.14. The van der Waals surface area contributed by atoms with Gasteiger partial charge in [-0.05, 0) is 37.5 Å². The van der Waals surface area contributed by atoms with E-state index in [0.717, 1.165) is 17.7 Å². The topological polar surface area (TPSA) is 9.23 Å². The summed E-state index contributed by atoms with van der Waals surface area (Å²) in [7, 11) is 0.